The average Bonchev–Trinajstić information content (AvgIpc) is 3.14. The van der Waals surface area contributed by atoms with Crippen molar-refractivity contribution in [1.29, 1.82) is 0 Å². The Kier molecular flexibility index (Phi) is 4.09. The number of nitrogens with zero attached hydrogens (tertiary/aromatic N) is 4. The average molecular weight is 358 g/mol. The monoisotopic (exact) mass is 358 g/mol. The van der Waals surface area contributed by atoms with Crippen LogP contribution in [0.4, 0.5) is 0 Å². The maximum absolute atomic E-state index is 4.76. The van der Waals surface area contributed by atoms with E-state index < -0.39 is 0 Å². The van der Waals surface area contributed by atoms with Crippen LogP contribution < -0.4 is 4.90 Å². The Morgan fingerprint density at radius 3 is 2.52 bits per heavy atom. The molecule has 1 aliphatic heterocycles. The number of para-hydroxylation sites is 1. The molecule has 2 aromatic carbocycles. The Labute approximate surface area is 158 Å². The Hall–Kier alpha value is -2.79. The molecule has 27 heavy (non-hydrogen) atoms. The molecule has 5 rings (SSSR count). The maximum atomic E-state index is 4.76. The van der Waals surface area contributed by atoms with Gasteiger partial charge in [0.2, 0.25) is 0 Å². The smallest absolute Gasteiger partial charge is 0.194 e. The quantitative estimate of drug-likeness (QED) is 0.612. The van der Waals surface area contributed by atoms with Crippen molar-refractivity contribution in [1.82, 2.24) is 19.6 Å². The Bertz CT molecular complexity index is 1080. The maximum Gasteiger partial charge on any atom is 0.194 e. The molecule has 0 spiro atoms. The summed E-state index contributed by atoms with van der Waals surface area (Å²) >= 11 is 0. The Balaban J connectivity index is 1.37. The van der Waals surface area contributed by atoms with E-state index in [1.54, 1.807) is 4.90 Å². The SMILES string of the molecule is Cc1nc2ccccc2c2nnc(C[NH+]3CCC(c4ccccc4)CC3)n12. The summed E-state index contributed by atoms with van der Waals surface area (Å²) < 4.78 is 2.14. The zero-order valence-electron chi connectivity index (χ0n) is 15.6. The van der Waals surface area contributed by atoms with Crippen LogP contribution in [0.1, 0.15) is 36.0 Å². The van der Waals surface area contributed by atoms with Gasteiger partial charge >= 0.3 is 0 Å². The molecule has 0 aliphatic carbocycles. The predicted molar refractivity (Wildman–Crippen MR) is 106 cm³/mol. The number of fused-ring (bicyclic) bond motifs is 3. The fourth-order valence-corrected chi connectivity index (χ4v) is 4.42. The summed E-state index contributed by atoms with van der Waals surface area (Å²) in [5, 5.41) is 10.1. The highest BCUT2D eigenvalue weighted by molar-refractivity contribution is 5.91. The minimum atomic E-state index is 0.692. The van der Waals surface area contributed by atoms with Crippen molar-refractivity contribution < 1.29 is 4.90 Å². The van der Waals surface area contributed by atoms with Crippen molar-refractivity contribution in [3.63, 3.8) is 0 Å². The molecule has 1 fully saturated rings. The van der Waals surface area contributed by atoms with Crippen molar-refractivity contribution in [2.24, 2.45) is 0 Å². The molecular weight excluding hydrogens is 334 g/mol. The lowest BCUT2D eigenvalue weighted by atomic mass is 9.89. The number of likely N-dealkylation sites (tertiary alicyclic amines) is 1. The van der Waals surface area contributed by atoms with Crippen LogP contribution in [0.25, 0.3) is 16.6 Å². The van der Waals surface area contributed by atoms with E-state index in [1.807, 2.05) is 25.1 Å². The first-order valence-corrected chi connectivity index (χ1v) is 9.77. The molecule has 0 unspecified atom stereocenters. The first kappa shape index (κ1) is 16.4. The fourth-order valence-electron chi connectivity index (χ4n) is 4.42. The van der Waals surface area contributed by atoms with Crippen LogP contribution >= 0.6 is 0 Å². The predicted octanol–water partition coefficient (Wildman–Crippen LogP) is 2.55. The first-order chi connectivity index (χ1) is 13.3. The van der Waals surface area contributed by atoms with E-state index >= 15 is 0 Å². The lowest BCUT2D eigenvalue weighted by Crippen LogP contribution is -3.11. The lowest BCUT2D eigenvalue weighted by Gasteiger charge is -2.29. The van der Waals surface area contributed by atoms with Gasteiger partial charge in [-0.25, -0.2) is 4.98 Å². The number of piperidine rings is 1. The molecule has 1 N–H and O–H groups in total. The first-order valence-electron chi connectivity index (χ1n) is 9.77. The van der Waals surface area contributed by atoms with E-state index in [-0.39, 0.29) is 0 Å². The molecule has 1 aliphatic rings. The van der Waals surface area contributed by atoms with Gasteiger partial charge in [0.05, 0.1) is 18.6 Å². The number of quaternary nitrogens is 1. The van der Waals surface area contributed by atoms with Gasteiger partial charge in [-0.15, -0.1) is 10.2 Å². The second-order valence-corrected chi connectivity index (χ2v) is 7.56. The molecule has 5 heteroatoms. The van der Waals surface area contributed by atoms with Gasteiger partial charge in [-0.3, -0.25) is 4.40 Å². The number of hydrogen-bond acceptors (Lipinski definition) is 3. The van der Waals surface area contributed by atoms with Crippen LogP contribution in [0.15, 0.2) is 54.6 Å². The van der Waals surface area contributed by atoms with E-state index in [2.05, 4.69) is 51.0 Å². The van der Waals surface area contributed by atoms with Crippen molar-refractivity contribution >= 4 is 16.6 Å². The summed E-state index contributed by atoms with van der Waals surface area (Å²) in [5.74, 6) is 2.67. The summed E-state index contributed by atoms with van der Waals surface area (Å²) in [6.07, 6.45) is 2.46. The van der Waals surface area contributed by atoms with Gasteiger partial charge in [-0.1, -0.05) is 42.5 Å². The number of nitrogens with one attached hydrogen (secondary N) is 1. The summed E-state index contributed by atoms with van der Waals surface area (Å²) in [6, 6.07) is 19.1. The largest absolute Gasteiger partial charge is 0.329 e. The van der Waals surface area contributed by atoms with Crippen LogP contribution in [-0.4, -0.2) is 32.7 Å². The molecule has 3 heterocycles. The molecular formula is C22H24N5+. The van der Waals surface area contributed by atoms with Crippen molar-refractivity contribution in [2.75, 3.05) is 13.1 Å². The molecule has 0 atom stereocenters. The standard InChI is InChI=1S/C22H23N5/c1-16-23-20-10-6-5-9-19(20)22-25-24-21(27(16)22)15-26-13-11-18(12-14-26)17-7-3-2-4-8-17/h2-10,18H,11-15H2,1H3/p+1. The van der Waals surface area contributed by atoms with E-state index in [4.69, 9.17) is 4.98 Å². The molecule has 0 bridgehead atoms. The molecule has 5 nitrogen and oxygen atoms in total. The van der Waals surface area contributed by atoms with Crippen LogP contribution in [-0.2, 0) is 6.54 Å². The highest BCUT2D eigenvalue weighted by Gasteiger charge is 2.25. The minimum Gasteiger partial charge on any atom is -0.329 e. The molecule has 0 amide bonds. The molecule has 1 saturated heterocycles. The summed E-state index contributed by atoms with van der Waals surface area (Å²) in [5.41, 5.74) is 3.39. The molecule has 0 radical (unpaired) electrons. The van der Waals surface area contributed by atoms with E-state index in [0.717, 1.165) is 34.7 Å². The Morgan fingerprint density at radius 2 is 1.70 bits per heavy atom. The topological polar surface area (TPSA) is 47.5 Å². The number of rotatable bonds is 3. The van der Waals surface area contributed by atoms with Crippen molar-refractivity contribution in [3.8, 4) is 0 Å². The normalized spacial score (nSPS) is 20.3. The van der Waals surface area contributed by atoms with Crippen LogP contribution in [0.3, 0.4) is 0 Å². The van der Waals surface area contributed by atoms with E-state index in [0.29, 0.717) is 5.92 Å². The second-order valence-electron chi connectivity index (χ2n) is 7.56. The van der Waals surface area contributed by atoms with Crippen LogP contribution in [0.2, 0.25) is 0 Å². The molecule has 136 valence electrons. The number of benzene rings is 2. The van der Waals surface area contributed by atoms with Gasteiger partial charge in [0.25, 0.3) is 0 Å². The minimum absolute atomic E-state index is 0.692. The number of hydrogen-bond donors (Lipinski definition) is 1. The highest BCUT2D eigenvalue weighted by Crippen LogP contribution is 2.24. The third-order valence-corrected chi connectivity index (χ3v) is 5.85. The fraction of sp³-hybridized carbons (Fsp3) is 0.318. The highest BCUT2D eigenvalue weighted by atomic mass is 15.3. The summed E-state index contributed by atoms with van der Waals surface area (Å²) in [7, 11) is 0. The Morgan fingerprint density at radius 1 is 0.963 bits per heavy atom. The zero-order chi connectivity index (χ0) is 18.2. The molecule has 0 saturated carbocycles. The van der Waals surface area contributed by atoms with Crippen molar-refractivity contribution in [3.05, 3.63) is 71.8 Å². The zero-order valence-corrected chi connectivity index (χ0v) is 15.6. The van der Waals surface area contributed by atoms with Crippen LogP contribution in [0.5, 0.6) is 0 Å². The third-order valence-electron chi connectivity index (χ3n) is 5.85. The lowest BCUT2D eigenvalue weighted by molar-refractivity contribution is -0.919. The van der Waals surface area contributed by atoms with Gasteiger partial charge in [-0.05, 0) is 30.5 Å². The molecule has 4 aromatic rings. The van der Waals surface area contributed by atoms with Crippen LogP contribution in [0, 0.1) is 6.92 Å². The van der Waals surface area contributed by atoms with Gasteiger partial charge in [0.1, 0.15) is 12.4 Å². The third kappa shape index (κ3) is 2.98. The van der Waals surface area contributed by atoms with E-state index in [1.165, 1.54) is 31.5 Å². The van der Waals surface area contributed by atoms with Gasteiger partial charge in [-0.2, -0.15) is 0 Å². The number of aryl methyl sites for hydroxylation is 1. The van der Waals surface area contributed by atoms with E-state index in [9.17, 15) is 0 Å². The van der Waals surface area contributed by atoms with Gasteiger partial charge in [0.15, 0.2) is 11.5 Å². The van der Waals surface area contributed by atoms with Crippen molar-refractivity contribution in [2.45, 2.75) is 32.2 Å². The summed E-state index contributed by atoms with van der Waals surface area (Å²) in [4.78, 5) is 6.34. The summed E-state index contributed by atoms with van der Waals surface area (Å²) in [6.45, 7) is 5.30. The second kappa shape index (κ2) is 6.74. The van der Waals surface area contributed by atoms with Gasteiger partial charge in [0, 0.05) is 18.2 Å². The molecule has 2 aromatic heterocycles. The number of aromatic nitrogens is 4. The van der Waals surface area contributed by atoms with Gasteiger partial charge < -0.3 is 4.90 Å².